The van der Waals surface area contributed by atoms with Gasteiger partial charge >= 0.3 is 0 Å². The highest BCUT2D eigenvalue weighted by atomic mass is 32.1. The molecule has 0 atom stereocenters. The molecule has 0 aliphatic carbocycles. The standard InChI is InChI=1S/C20H20N2O2S/c1-2-24-13-17-11-7-6-10-16(17)12-21-19(23)18-14-25-20(22-18)15-8-4-3-5-9-15/h3-11,14H,2,12-13H2,1H3,(H,21,23). The van der Waals surface area contributed by atoms with Gasteiger partial charge in [-0.2, -0.15) is 0 Å². The monoisotopic (exact) mass is 352 g/mol. The van der Waals surface area contributed by atoms with E-state index in [1.165, 1.54) is 11.3 Å². The Bertz CT molecular complexity index is 830. The van der Waals surface area contributed by atoms with Crippen molar-refractivity contribution in [3.05, 3.63) is 76.8 Å². The van der Waals surface area contributed by atoms with Gasteiger partial charge in [-0.25, -0.2) is 4.98 Å². The van der Waals surface area contributed by atoms with E-state index >= 15 is 0 Å². The number of ether oxygens (including phenoxy) is 1. The van der Waals surface area contributed by atoms with Crippen LogP contribution in [0.15, 0.2) is 60.0 Å². The minimum absolute atomic E-state index is 0.162. The minimum atomic E-state index is -0.162. The molecule has 0 saturated carbocycles. The summed E-state index contributed by atoms with van der Waals surface area (Å²) in [6, 6.07) is 17.8. The van der Waals surface area contributed by atoms with E-state index in [1.54, 1.807) is 5.38 Å². The second kappa shape index (κ2) is 8.55. The number of hydrogen-bond acceptors (Lipinski definition) is 4. The van der Waals surface area contributed by atoms with Gasteiger partial charge in [-0.3, -0.25) is 4.79 Å². The van der Waals surface area contributed by atoms with Crippen LogP contribution in [-0.2, 0) is 17.9 Å². The van der Waals surface area contributed by atoms with Crippen LogP contribution in [0.25, 0.3) is 10.6 Å². The van der Waals surface area contributed by atoms with Crippen molar-refractivity contribution in [3.8, 4) is 10.6 Å². The number of nitrogens with one attached hydrogen (secondary N) is 1. The molecule has 3 rings (SSSR count). The molecular formula is C20H20N2O2S. The van der Waals surface area contributed by atoms with Crippen LogP contribution >= 0.6 is 11.3 Å². The summed E-state index contributed by atoms with van der Waals surface area (Å²) in [5.41, 5.74) is 3.62. The third kappa shape index (κ3) is 4.53. The molecule has 0 saturated heterocycles. The molecule has 0 radical (unpaired) electrons. The SMILES string of the molecule is CCOCc1ccccc1CNC(=O)c1csc(-c2ccccc2)n1. The summed E-state index contributed by atoms with van der Waals surface area (Å²) in [4.78, 5) is 16.8. The zero-order valence-electron chi connectivity index (χ0n) is 14.1. The lowest BCUT2D eigenvalue weighted by Gasteiger charge is -2.10. The average molecular weight is 352 g/mol. The predicted molar refractivity (Wildman–Crippen MR) is 100 cm³/mol. The van der Waals surface area contributed by atoms with Crippen LogP contribution < -0.4 is 5.32 Å². The highest BCUT2D eigenvalue weighted by Gasteiger charge is 2.12. The maximum absolute atomic E-state index is 12.4. The van der Waals surface area contributed by atoms with E-state index in [0.717, 1.165) is 21.7 Å². The summed E-state index contributed by atoms with van der Waals surface area (Å²) in [5.74, 6) is -0.162. The van der Waals surface area contributed by atoms with Crippen molar-refractivity contribution >= 4 is 17.2 Å². The van der Waals surface area contributed by atoms with Crippen LogP contribution in [0.3, 0.4) is 0 Å². The normalized spacial score (nSPS) is 10.6. The van der Waals surface area contributed by atoms with Gasteiger partial charge in [-0.1, -0.05) is 54.6 Å². The Morgan fingerprint density at radius 2 is 1.80 bits per heavy atom. The molecule has 1 amide bonds. The first-order valence-electron chi connectivity index (χ1n) is 8.21. The summed E-state index contributed by atoms with van der Waals surface area (Å²) < 4.78 is 5.48. The number of carbonyl (C=O) groups is 1. The number of nitrogens with zero attached hydrogens (tertiary/aromatic N) is 1. The van der Waals surface area contributed by atoms with Crippen LogP contribution in [0.5, 0.6) is 0 Å². The largest absolute Gasteiger partial charge is 0.377 e. The van der Waals surface area contributed by atoms with E-state index in [-0.39, 0.29) is 5.91 Å². The number of thiazole rings is 1. The van der Waals surface area contributed by atoms with Crippen molar-refractivity contribution in [1.29, 1.82) is 0 Å². The molecule has 2 aromatic carbocycles. The number of hydrogen-bond donors (Lipinski definition) is 1. The summed E-state index contributed by atoms with van der Waals surface area (Å²) in [6.07, 6.45) is 0. The maximum Gasteiger partial charge on any atom is 0.271 e. The molecule has 25 heavy (non-hydrogen) atoms. The average Bonchev–Trinajstić information content (AvgIpc) is 3.16. The Balaban J connectivity index is 1.65. The fourth-order valence-corrected chi connectivity index (χ4v) is 3.25. The van der Waals surface area contributed by atoms with Gasteiger partial charge in [-0.05, 0) is 18.1 Å². The van der Waals surface area contributed by atoms with Gasteiger partial charge in [0, 0.05) is 24.1 Å². The molecule has 128 valence electrons. The molecule has 5 heteroatoms. The number of benzene rings is 2. The Morgan fingerprint density at radius 3 is 2.56 bits per heavy atom. The molecule has 3 aromatic rings. The first kappa shape index (κ1) is 17.3. The maximum atomic E-state index is 12.4. The highest BCUT2D eigenvalue weighted by molar-refractivity contribution is 7.13. The quantitative estimate of drug-likeness (QED) is 0.690. The molecule has 0 unspecified atom stereocenters. The number of aromatic nitrogens is 1. The lowest BCUT2D eigenvalue weighted by Crippen LogP contribution is -2.23. The van der Waals surface area contributed by atoms with E-state index in [1.807, 2.05) is 61.5 Å². The Morgan fingerprint density at radius 1 is 1.08 bits per heavy atom. The first-order valence-corrected chi connectivity index (χ1v) is 9.09. The fraction of sp³-hybridized carbons (Fsp3) is 0.200. The van der Waals surface area contributed by atoms with Crippen molar-refractivity contribution in [3.63, 3.8) is 0 Å². The van der Waals surface area contributed by atoms with E-state index in [9.17, 15) is 4.79 Å². The van der Waals surface area contributed by atoms with Gasteiger partial charge in [0.05, 0.1) is 6.61 Å². The van der Waals surface area contributed by atoms with Crippen LogP contribution in [0.4, 0.5) is 0 Å². The van der Waals surface area contributed by atoms with Gasteiger partial charge in [0.1, 0.15) is 10.7 Å². The van der Waals surface area contributed by atoms with Gasteiger partial charge < -0.3 is 10.1 Å². The number of carbonyl (C=O) groups excluding carboxylic acids is 1. The van der Waals surface area contributed by atoms with E-state index in [4.69, 9.17) is 4.74 Å². The van der Waals surface area contributed by atoms with Crippen molar-refractivity contribution in [2.45, 2.75) is 20.1 Å². The Hall–Kier alpha value is -2.50. The van der Waals surface area contributed by atoms with Crippen LogP contribution in [-0.4, -0.2) is 17.5 Å². The molecule has 0 spiro atoms. The molecule has 1 N–H and O–H groups in total. The third-order valence-corrected chi connectivity index (χ3v) is 4.67. The van der Waals surface area contributed by atoms with Gasteiger partial charge in [0.15, 0.2) is 0 Å². The first-order chi connectivity index (χ1) is 12.3. The zero-order chi connectivity index (χ0) is 17.5. The Kier molecular flexibility index (Phi) is 5.93. The van der Waals surface area contributed by atoms with E-state index in [2.05, 4.69) is 10.3 Å². The lowest BCUT2D eigenvalue weighted by atomic mass is 10.1. The van der Waals surface area contributed by atoms with Gasteiger partial charge in [-0.15, -0.1) is 11.3 Å². The minimum Gasteiger partial charge on any atom is -0.377 e. The second-order valence-electron chi connectivity index (χ2n) is 5.49. The van der Waals surface area contributed by atoms with Crippen LogP contribution in [0.1, 0.15) is 28.5 Å². The van der Waals surface area contributed by atoms with Crippen LogP contribution in [0.2, 0.25) is 0 Å². The van der Waals surface area contributed by atoms with Gasteiger partial charge in [0.2, 0.25) is 0 Å². The molecule has 1 aromatic heterocycles. The van der Waals surface area contributed by atoms with E-state index < -0.39 is 0 Å². The van der Waals surface area contributed by atoms with Crippen molar-refractivity contribution in [2.24, 2.45) is 0 Å². The highest BCUT2D eigenvalue weighted by Crippen LogP contribution is 2.23. The summed E-state index contributed by atoms with van der Waals surface area (Å²) in [5, 5.41) is 5.59. The molecule has 4 nitrogen and oxygen atoms in total. The van der Waals surface area contributed by atoms with E-state index in [0.29, 0.717) is 25.5 Å². The zero-order valence-corrected chi connectivity index (χ0v) is 14.9. The van der Waals surface area contributed by atoms with Crippen molar-refractivity contribution in [1.82, 2.24) is 10.3 Å². The van der Waals surface area contributed by atoms with Gasteiger partial charge in [0.25, 0.3) is 5.91 Å². The fourth-order valence-electron chi connectivity index (χ4n) is 2.44. The molecule has 1 heterocycles. The van der Waals surface area contributed by atoms with Crippen LogP contribution in [0, 0.1) is 0 Å². The topological polar surface area (TPSA) is 51.2 Å². The summed E-state index contributed by atoms with van der Waals surface area (Å²) in [7, 11) is 0. The van der Waals surface area contributed by atoms with Crippen molar-refractivity contribution < 1.29 is 9.53 Å². The van der Waals surface area contributed by atoms with Crippen molar-refractivity contribution in [2.75, 3.05) is 6.61 Å². The predicted octanol–water partition coefficient (Wildman–Crippen LogP) is 4.28. The lowest BCUT2D eigenvalue weighted by molar-refractivity contribution is 0.0945. The Labute approximate surface area is 151 Å². The smallest absolute Gasteiger partial charge is 0.271 e. The third-order valence-electron chi connectivity index (χ3n) is 3.78. The molecule has 0 bridgehead atoms. The summed E-state index contributed by atoms with van der Waals surface area (Å²) >= 11 is 1.47. The molecule has 0 fully saturated rings. The molecular weight excluding hydrogens is 332 g/mol. The molecule has 0 aliphatic heterocycles. The number of rotatable bonds is 7. The second-order valence-corrected chi connectivity index (χ2v) is 6.35. The summed E-state index contributed by atoms with van der Waals surface area (Å²) in [6.45, 7) is 3.65. The molecule has 0 aliphatic rings. The number of amides is 1.